The number of nitrogens with zero attached hydrogens (tertiary/aromatic N) is 4. The van der Waals surface area contributed by atoms with E-state index in [1.54, 1.807) is 7.11 Å². The Bertz CT molecular complexity index is 1070. The molecule has 4 rings (SSSR count). The number of piperidine rings is 1. The summed E-state index contributed by atoms with van der Waals surface area (Å²) in [6.45, 7) is 11.3. The first-order valence-corrected chi connectivity index (χ1v) is 15.1. The van der Waals surface area contributed by atoms with Gasteiger partial charge in [-0.1, -0.05) is 48.5 Å². The molecule has 2 aliphatic heterocycles. The molecule has 0 atom stereocenters. The Morgan fingerprint density at radius 2 is 1.60 bits per heavy atom. The lowest BCUT2D eigenvalue weighted by Crippen LogP contribution is -2.42. The van der Waals surface area contributed by atoms with Gasteiger partial charge in [0.1, 0.15) is 6.61 Å². The third kappa shape index (κ3) is 8.63. The van der Waals surface area contributed by atoms with Crippen molar-refractivity contribution in [2.75, 3.05) is 64.4 Å². The minimum Gasteiger partial charge on any atom is -0.375 e. The lowest BCUT2D eigenvalue weighted by atomic mass is 9.92. The number of carbonyl (C=O) groups is 2. The molecule has 7 nitrogen and oxygen atoms in total. The predicted molar refractivity (Wildman–Crippen MR) is 161 cm³/mol. The van der Waals surface area contributed by atoms with Gasteiger partial charge in [0, 0.05) is 64.5 Å². The molecule has 40 heavy (non-hydrogen) atoms. The average molecular weight is 549 g/mol. The van der Waals surface area contributed by atoms with E-state index in [2.05, 4.69) is 60.0 Å². The van der Waals surface area contributed by atoms with E-state index >= 15 is 0 Å². The second-order valence-electron chi connectivity index (χ2n) is 11.6. The zero-order valence-electron chi connectivity index (χ0n) is 24.8. The van der Waals surface area contributed by atoms with Crippen molar-refractivity contribution in [1.82, 2.24) is 14.7 Å². The molecule has 2 heterocycles. The van der Waals surface area contributed by atoms with Gasteiger partial charge in [-0.2, -0.15) is 0 Å². The van der Waals surface area contributed by atoms with Crippen LogP contribution < -0.4 is 4.90 Å². The Balaban J connectivity index is 1.42. The van der Waals surface area contributed by atoms with Gasteiger partial charge in [0.15, 0.2) is 0 Å². The number of amides is 2. The maximum absolute atomic E-state index is 13.8. The molecule has 0 aromatic heterocycles. The SMILES string of the molecule is COCC(=O)N1CCCN(C(C)C)CCN(C(=O)CC2CCN(CCc3ccccc3)CC2)Cc2ccccc21. The van der Waals surface area contributed by atoms with Crippen LogP contribution in [0, 0.1) is 5.92 Å². The van der Waals surface area contributed by atoms with E-state index in [1.807, 2.05) is 28.0 Å². The summed E-state index contributed by atoms with van der Waals surface area (Å²) in [6.07, 6.45) is 4.69. The van der Waals surface area contributed by atoms with Crippen molar-refractivity contribution in [2.24, 2.45) is 5.92 Å². The average Bonchev–Trinajstić information content (AvgIpc) is 3.00. The van der Waals surface area contributed by atoms with Crippen molar-refractivity contribution < 1.29 is 14.3 Å². The molecule has 0 aliphatic carbocycles. The number of fused-ring (bicyclic) bond motifs is 1. The van der Waals surface area contributed by atoms with E-state index < -0.39 is 0 Å². The number of anilines is 1. The van der Waals surface area contributed by atoms with Crippen LogP contribution in [-0.4, -0.2) is 92.1 Å². The third-order valence-electron chi connectivity index (χ3n) is 8.51. The Kier molecular flexibility index (Phi) is 11.6. The summed E-state index contributed by atoms with van der Waals surface area (Å²) in [7, 11) is 1.56. The number of rotatable bonds is 8. The monoisotopic (exact) mass is 548 g/mol. The maximum atomic E-state index is 13.8. The van der Waals surface area contributed by atoms with Gasteiger partial charge < -0.3 is 19.4 Å². The summed E-state index contributed by atoms with van der Waals surface area (Å²) in [5.74, 6) is 0.618. The van der Waals surface area contributed by atoms with Crippen molar-refractivity contribution in [3.8, 4) is 0 Å². The molecule has 0 N–H and O–H groups in total. The van der Waals surface area contributed by atoms with Crippen LogP contribution in [0.15, 0.2) is 54.6 Å². The van der Waals surface area contributed by atoms with Crippen LogP contribution in [0.25, 0.3) is 0 Å². The molecule has 2 aliphatic rings. The fourth-order valence-electron chi connectivity index (χ4n) is 6.02. The zero-order chi connectivity index (χ0) is 28.3. The summed E-state index contributed by atoms with van der Waals surface area (Å²) in [4.78, 5) is 35.7. The van der Waals surface area contributed by atoms with E-state index in [9.17, 15) is 9.59 Å². The van der Waals surface area contributed by atoms with E-state index in [-0.39, 0.29) is 18.4 Å². The zero-order valence-corrected chi connectivity index (χ0v) is 24.8. The second kappa shape index (κ2) is 15.3. The fraction of sp³-hybridized carbons (Fsp3) is 0.576. The summed E-state index contributed by atoms with van der Waals surface area (Å²) in [5, 5.41) is 0. The molecule has 7 heteroatoms. The highest BCUT2D eigenvalue weighted by atomic mass is 16.5. The Morgan fingerprint density at radius 3 is 2.33 bits per heavy atom. The minimum atomic E-state index is -0.0396. The largest absolute Gasteiger partial charge is 0.375 e. The number of hydrogen-bond donors (Lipinski definition) is 0. The molecule has 2 aromatic rings. The Morgan fingerprint density at radius 1 is 0.875 bits per heavy atom. The highest BCUT2D eigenvalue weighted by molar-refractivity contribution is 5.95. The van der Waals surface area contributed by atoms with Gasteiger partial charge >= 0.3 is 0 Å². The molecule has 0 bridgehead atoms. The van der Waals surface area contributed by atoms with Crippen molar-refractivity contribution in [3.05, 3.63) is 65.7 Å². The second-order valence-corrected chi connectivity index (χ2v) is 11.6. The molecule has 1 fully saturated rings. The first-order chi connectivity index (χ1) is 19.4. The van der Waals surface area contributed by atoms with Crippen LogP contribution in [0.2, 0.25) is 0 Å². The Labute approximate surface area is 241 Å². The molecule has 0 unspecified atom stereocenters. The molecule has 1 saturated heterocycles. The fourth-order valence-corrected chi connectivity index (χ4v) is 6.02. The van der Waals surface area contributed by atoms with Crippen LogP contribution in [0.4, 0.5) is 5.69 Å². The summed E-state index contributed by atoms with van der Waals surface area (Å²) in [5.41, 5.74) is 3.30. The van der Waals surface area contributed by atoms with E-state index in [0.717, 1.165) is 69.7 Å². The standard InChI is InChI=1S/C33H48N4O3/c1-27(2)35-17-9-18-37(33(39)26-40-3)31-13-8-7-12-30(31)25-36(23-22-35)32(38)24-29-15-20-34(21-16-29)19-14-28-10-5-4-6-11-28/h4-8,10-13,27,29H,9,14-26H2,1-3H3. The molecule has 2 amide bonds. The number of benzene rings is 2. The lowest BCUT2D eigenvalue weighted by Gasteiger charge is -2.34. The first kappa shape index (κ1) is 30.2. The summed E-state index contributed by atoms with van der Waals surface area (Å²) < 4.78 is 5.20. The molecule has 0 spiro atoms. The van der Waals surface area contributed by atoms with Gasteiger partial charge in [0.05, 0.1) is 0 Å². The van der Waals surface area contributed by atoms with Crippen LogP contribution in [0.1, 0.15) is 50.7 Å². The summed E-state index contributed by atoms with van der Waals surface area (Å²) in [6, 6.07) is 19.1. The van der Waals surface area contributed by atoms with Crippen LogP contribution in [-0.2, 0) is 27.3 Å². The quantitative estimate of drug-likeness (QED) is 0.488. The maximum Gasteiger partial charge on any atom is 0.252 e. The molecule has 218 valence electrons. The topological polar surface area (TPSA) is 56.3 Å². The van der Waals surface area contributed by atoms with Gasteiger partial charge in [-0.15, -0.1) is 0 Å². The smallest absolute Gasteiger partial charge is 0.252 e. The summed E-state index contributed by atoms with van der Waals surface area (Å²) >= 11 is 0. The molecular weight excluding hydrogens is 500 g/mol. The molecule has 0 saturated carbocycles. The molecule has 2 aromatic carbocycles. The number of methoxy groups -OCH3 is 1. The Hall–Kier alpha value is -2.74. The van der Waals surface area contributed by atoms with Gasteiger partial charge in [0.25, 0.3) is 5.91 Å². The van der Waals surface area contributed by atoms with Gasteiger partial charge in [-0.25, -0.2) is 0 Å². The number of ether oxygens (including phenoxy) is 1. The minimum absolute atomic E-state index is 0.0396. The molecular formula is C33H48N4O3. The number of carbonyl (C=O) groups excluding carboxylic acids is 2. The number of hydrogen-bond acceptors (Lipinski definition) is 5. The number of likely N-dealkylation sites (tertiary alicyclic amines) is 1. The van der Waals surface area contributed by atoms with E-state index in [1.165, 1.54) is 5.56 Å². The van der Waals surface area contributed by atoms with Crippen LogP contribution in [0.5, 0.6) is 0 Å². The van der Waals surface area contributed by atoms with Gasteiger partial charge in [-0.3, -0.25) is 14.5 Å². The normalized spacial score (nSPS) is 18.4. The van der Waals surface area contributed by atoms with Crippen molar-refractivity contribution in [3.63, 3.8) is 0 Å². The molecule has 0 radical (unpaired) electrons. The third-order valence-corrected chi connectivity index (χ3v) is 8.51. The van der Waals surface area contributed by atoms with Crippen molar-refractivity contribution in [1.29, 1.82) is 0 Å². The van der Waals surface area contributed by atoms with Gasteiger partial charge in [0.2, 0.25) is 5.91 Å². The van der Waals surface area contributed by atoms with Crippen molar-refractivity contribution in [2.45, 2.75) is 58.5 Å². The van der Waals surface area contributed by atoms with E-state index in [4.69, 9.17) is 4.74 Å². The highest BCUT2D eigenvalue weighted by Gasteiger charge is 2.27. The van der Waals surface area contributed by atoms with Crippen molar-refractivity contribution >= 4 is 17.5 Å². The van der Waals surface area contributed by atoms with E-state index in [0.29, 0.717) is 38.0 Å². The predicted octanol–water partition coefficient (Wildman–Crippen LogP) is 4.45. The first-order valence-electron chi connectivity index (χ1n) is 15.1. The van der Waals surface area contributed by atoms with Crippen LogP contribution in [0.3, 0.4) is 0 Å². The lowest BCUT2D eigenvalue weighted by molar-refractivity contribution is -0.133. The van der Waals surface area contributed by atoms with Crippen LogP contribution >= 0.6 is 0 Å². The highest BCUT2D eigenvalue weighted by Crippen LogP contribution is 2.26. The number of para-hydroxylation sites is 1. The van der Waals surface area contributed by atoms with Gasteiger partial charge in [-0.05, 0) is 75.7 Å².